The minimum absolute atomic E-state index is 0.0731. The second-order valence-corrected chi connectivity index (χ2v) is 5.93. The zero-order chi connectivity index (χ0) is 16.5. The second kappa shape index (κ2) is 9.15. The summed E-state index contributed by atoms with van der Waals surface area (Å²) in [5.41, 5.74) is 3.87. The second-order valence-electron chi connectivity index (χ2n) is 5.21. The molecule has 0 bridgehead atoms. The van der Waals surface area contributed by atoms with Gasteiger partial charge in [0.05, 0.1) is 24.4 Å². The summed E-state index contributed by atoms with van der Waals surface area (Å²) in [7, 11) is 1.78. The van der Waals surface area contributed by atoms with Crippen molar-refractivity contribution in [1.29, 1.82) is 0 Å². The molecule has 0 saturated heterocycles. The number of rotatable bonds is 8. The molecule has 1 heterocycles. The Kier molecular flexibility index (Phi) is 6.87. The maximum Gasteiger partial charge on any atom is 0.317 e. The molecule has 5 nitrogen and oxygen atoms in total. The van der Waals surface area contributed by atoms with Crippen molar-refractivity contribution in [2.45, 2.75) is 26.3 Å². The normalized spacial score (nSPS) is 10.3. The lowest BCUT2D eigenvalue weighted by atomic mass is 10.1. The number of para-hydroxylation sites is 1. The number of hydrogen-bond donors (Lipinski definition) is 1. The largest absolute Gasteiger partial charge is 0.494 e. The maximum atomic E-state index is 12.0. The summed E-state index contributed by atoms with van der Waals surface area (Å²) >= 11 is 1.54. The van der Waals surface area contributed by atoms with Crippen LogP contribution in [0.4, 0.5) is 4.79 Å². The molecule has 1 aromatic carbocycles. The molecule has 0 aliphatic rings. The standard InChI is InChI=1S/C17H23N3O2S/c1-3-22-16-9-5-4-7-14(16)8-6-10-18-17(21)20(2)11-15-12-23-13-19-15/h4-5,7,9,12-13H,3,6,8,10-11H2,1-2H3,(H,18,21). The Bertz CT molecular complexity index is 602. The zero-order valence-corrected chi connectivity index (χ0v) is 14.4. The van der Waals surface area contributed by atoms with Crippen LogP contribution in [-0.2, 0) is 13.0 Å². The van der Waals surface area contributed by atoms with Crippen molar-refractivity contribution in [2.75, 3.05) is 20.2 Å². The average Bonchev–Trinajstić information content (AvgIpc) is 3.06. The van der Waals surface area contributed by atoms with E-state index < -0.39 is 0 Å². The van der Waals surface area contributed by atoms with Gasteiger partial charge in [0.1, 0.15) is 5.75 Å². The Morgan fingerprint density at radius 3 is 2.96 bits per heavy atom. The van der Waals surface area contributed by atoms with E-state index in [-0.39, 0.29) is 6.03 Å². The van der Waals surface area contributed by atoms with Crippen molar-refractivity contribution < 1.29 is 9.53 Å². The fourth-order valence-corrected chi connectivity index (χ4v) is 2.80. The third-order valence-corrected chi connectivity index (χ3v) is 4.04. The highest BCUT2D eigenvalue weighted by Gasteiger charge is 2.09. The van der Waals surface area contributed by atoms with Gasteiger partial charge in [-0.3, -0.25) is 0 Å². The van der Waals surface area contributed by atoms with Crippen LogP contribution in [0, 0.1) is 0 Å². The molecular weight excluding hydrogens is 310 g/mol. The van der Waals surface area contributed by atoms with Gasteiger partial charge in [0.15, 0.2) is 0 Å². The van der Waals surface area contributed by atoms with E-state index in [0.717, 1.165) is 24.3 Å². The molecule has 0 atom stereocenters. The number of ether oxygens (including phenoxy) is 1. The van der Waals surface area contributed by atoms with Gasteiger partial charge in [0, 0.05) is 19.0 Å². The van der Waals surface area contributed by atoms with Crippen molar-refractivity contribution in [3.8, 4) is 5.75 Å². The molecule has 1 aromatic heterocycles. The first-order chi connectivity index (χ1) is 11.2. The van der Waals surface area contributed by atoms with Crippen molar-refractivity contribution in [3.63, 3.8) is 0 Å². The number of nitrogens with one attached hydrogen (secondary N) is 1. The van der Waals surface area contributed by atoms with Crippen LogP contribution in [0.25, 0.3) is 0 Å². The average molecular weight is 333 g/mol. The van der Waals surface area contributed by atoms with Crippen LogP contribution >= 0.6 is 11.3 Å². The fraction of sp³-hybridized carbons (Fsp3) is 0.412. The molecule has 23 heavy (non-hydrogen) atoms. The summed E-state index contributed by atoms with van der Waals surface area (Å²) in [6.07, 6.45) is 1.76. The number of nitrogens with zero attached hydrogens (tertiary/aromatic N) is 2. The van der Waals surface area contributed by atoms with Crippen LogP contribution in [0.3, 0.4) is 0 Å². The Morgan fingerprint density at radius 1 is 1.39 bits per heavy atom. The minimum atomic E-state index is -0.0731. The smallest absolute Gasteiger partial charge is 0.317 e. The lowest BCUT2D eigenvalue weighted by molar-refractivity contribution is 0.206. The molecule has 124 valence electrons. The third kappa shape index (κ3) is 5.56. The van der Waals surface area contributed by atoms with Gasteiger partial charge in [-0.25, -0.2) is 9.78 Å². The Hall–Kier alpha value is -2.08. The number of carbonyl (C=O) groups excluding carboxylic acids is 1. The monoisotopic (exact) mass is 333 g/mol. The van der Waals surface area contributed by atoms with Crippen molar-refractivity contribution in [3.05, 3.63) is 46.4 Å². The predicted octanol–water partition coefficient (Wildman–Crippen LogP) is 3.32. The van der Waals surface area contributed by atoms with Gasteiger partial charge < -0.3 is 15.0 Å². The van der Waals surface area contributed by atoms with Crippen LogP contribution in [-0.4, -0.2) is 36.1 Å². The zero-order valence-electron chi connectivity index (χ0n) is 13.6. The lowest BCUT2D eigenvalue weighted by Gasteiger charge is -2.17. The number of thiazole rings is 1. The van der Waals surface area contributed by atoms with Gasteiger partial charge in [-0.05, 0) is 31.4 Å². The van der Waals surface area contributed by atoms with E-state index in [2.05, 4.69) is 16.4 Å². The number of benzene rings is 1. The minimum Gasteiger partial charge on any atom is -0.494 e. The van der Waals surface area contributed by atoms with Gasteiger partial charge in [-0.1, -0.05) is 18.2 Å². The summed E-state index contributed by atoms with van der Waals surface area (Å²) < 4.78 is 5.61. The Morgan fingerprint density at radius 2 is 2.22 bits per heavy atom. The molecule has 0 saturated carbocycles. The molecular formula is C17H23N3O2S. The molecule has 0 fully saturated rings. The summed E-state index contributed by atoms with van der Waals surface area (Å²) in [6, 6.07) is 7.97. The van der Waals surface area contributed by atoms with E-state index in [9.17, 15) is 4.79 Å². The molecule has 0 aliphatic heterocycles. The summed E-state index contributed by atoms with van der Waals surface area (Å²) in [5.74, 6) is 0.932. The van der Waals surface area contributed by atoms with Crippen LogP contribution in [0.1, 0.15) is 24.6 Å². The number of aryl methyl sites for hydroxylation is 1. The summed E-state index contributed by atoms with van der Waals surface area (Å²) in [4.78, 5) is 17.8. The van der Waals surface area contributed by atoms with Crippen LogP contribution in [0.5, 0.6) is 5.75 Å². The first-order valence-electron chi connectivity index (χ1n) is 7.77. The van der Waals surface area contributed by atoms with Gasteiger partial charge >= 0.3 is 6.03 Å². The molecule has 0 aliphatic carbocycles. The van der Waals surface area contributed by atoms with Gasteiger partial charge in [0.25, 0.3) is 0 Å². The van der Waals surface area contributed by atoms with Crippen molar-refractivity contribution in [2.24, 2.45) is 0 Å². The maximum absolute atomic E-state index is 12.0. The number of aromatic nitrogens is 1. The van der Waals surface area contributed by atoms with Crippen LogP contribution in [0.15, 0.2) is 35.2 Å². The van der Waals surface area contributed by atoms with E-state index in [4.69, 9.17) is 4.74 Å². The molecule has 2 rings (SSSR count). The number of carbonyl (C=O) groups is 1. The van der Waals surface area contributed by atoms with Gasteiger partial charge in [-0.2, -0.15) is 0 Å². The Balaban J connectivity index is 1.71. The number of hydrogen-bond acceptors (Lipinski definition) is 4. The van der Waals surface area contributed by atoms with E-state index >= 15 is 0 Å². The summed E-state index contributed by atoms with van der Waals surface area (Å²) in [6.45, 7) is 3.81. The van der Waals surface area contributed by atoms with Crippen molar-refractivity contribution >= 4 is 17.4 Å². The topological polar surface area (TPSA) is 54.5 Å². The number of urea groups is 1. The quantitative estimate of drug-likeness (QED) is 0.754. The fourth-order valence-electron chi connectivity index (χ4n) is 2.25. The first-order valence-corrected chi connectivity index (χ1v) is 8.71. The first kappa shape index (κ1) is 17.3. The van der Waals surface area contributed by atoms with E-state index in [1.54, 1.807) is 17.5 Å². The lowest BCUT2D eigenvalue weighted by Crippen LogP contribution is -2.37. The molecule has 0 unspecified atom stereocenters. The van der Waals surface area contributed by atoms with Gasteiger partial charge in [0.2, 0.25) is 0 Å². The van der Waals surface area contributed by atoms with E-state index in [1.165, 1.54) is 16.9 Å². The number of amides is 2. The van der Waals surface area contributed by atoms with Crippen molar-refractivity contribution in [1.82, 2.24) is 15.2 Å². The molecule has 2 aromatic rings. The summed E-state index contributed by atoms with van der Waals surface area (Å²) in [5, 5.41) is 4.89. The third-order valence-electron chi connectivity index (χ3n) is 3.40. The van der Waals surface area contributed by atoms with Gasteiger partial charge in [-0.15, -0.1) is 11.3 Å². The Labute approximate surface area is 141 Å². The van der Waals surface area contributed by atoms with Crippen LogP contribution < -0.4 is 10.1 Å². The van der Waals surface area contributed by atoms with E-state index in [1.807, 2.05) is 30.5 Å². The molecule has 6 heteroatoms. The predicted molar refractivity (Wildman–Crippen MR) is 92.9 cm³/mol. The molecule has 1 N–H and O–H groups in total. The highest BCUT2D eigenvalue weighted by Crippen LogP contribution is 2.19. The highest BCUT2D eigenvalue weighted by molar-refractivity contribution is 7.07. The molecule has 2 amide bonds. The highest BCUT2D eigenvalue weighted by atomic mass is 32.1. The van der Waals surface area contributed by atoms with E-state index in [0.29, 0.717) is 19.7 Å². The molecule has 0 radical (unpaired) electrons. The molecule has 0 spiro atoms. The van der Waals surface area contributed by atoms with Crippen LogP contribution in [0.2, 0.25) is 0 Å². The SMILES string of the molecule is CCOc1ccccc1CCCNC(=O)N(C)Cc1cscn1.